The number of guanidine groups is 1. The van der Waals surface area contributed by atoms with E-state index < -0.39 is 0 Å². The maximum atomic E-state index is 13.6. The molecular formula is C16H24FN3O. The molecular weight excluding hydrogens is 269 g/mol. The van der Waals surface area contributed by atoms with Gasteiger partial charge in [-0.25, -0.2) is 4.39 Å². The topological polar surface area (TPSA) is 45.7 Å². The van der Waals surface area contributed by atoms with E-state index in [4.69, 9.17) is 4.74 Å². The van der Waals surface area contributed by atoms with Crippen LogP contribution in [0.25, 0.3) is 0 Å². The molecule has 0 spiro atoms. The SMILES string of the molecule is CN=C(NCc1ccc(OC)c(F)c1)NC1CCCCC1. The van der Waals surface area contributed by atoms with Crippen molar-refractivity contribution in [1.29, 1.82) is 0 Å². The summed E-state index contributed by atoms with van der Waals surface area (Å²) < 4.78 is 18.5. The fraction of sp³-hybridized carbons (Fsp3) is 0.562. The molecule has 1 aromatic carbocycles. The second-order valence-electron chi connectivity index (χ2n) is 5.37. The molecule has 116 valence electrons. The van der Waals surface area contributed by atoms with Gasteiger partial charge in [-0.05, 0) is 30.5 Å². The van der Waals surface area contributed by atoms with Crippen LogP contribution in [0.5, 0.6) is 5.75 Å². The van der Waals surface area contributed by atoms with Crippen LogP contribution in [0.1, 0.15) is 37.7 Å². The number of nitrogens with one attached hydrogen (secondary N) is 2. The Hall–Kier alpha value is -1.78. The van der Waals surface area contributed by atoms with Gasteiger partial charge in [-0.2, -0.15) is 0 Å². The van der Waals surface area contributed by atoms with Gasteiger partial charge in [0.25, 0.3) is 0 Å². The van der Waals surface area contributed by atoms with E-state index in [0.717, 1.165) is 11.5 Å². The Balaban J connectivity index is 1.86. The highest BCUT2D eigenvalue weighted by Gasteiger charge is 2.14. The second-order valence-corrected chi connectivity index (χ2v) is 5.37. The molecule has 0 bridgehead atoms. The molecule has 5 heteroatoms. The van der Waals surface area contributed by atoms with Gasteiger partial charge in [0.1, 0.15) is 0 Å². The van der Waals surface area contributed by atoms with Crippen molar-refractivity contribution in [1.82, 2.24) is 10.6 Å². The lowest BCUT2D eigenvalue weighted by Crippen LogP contribution is -2.43. The van der Waals surface area contributed by atoms with Crippen LogP contribution in [0, 0.1) is 5.82 Å². The third-order valence-corrected chi connectivity index (χ3v) is 3.85. The number of hydrogen-bond donors (Lipinski definition) is 2. The Labute approximate surface area is 125 Å². The Morgan fingerprint density at radius 1 is 1.33 bits per heavy atom. The number of aliphatic imine (C=N–C) groups is 1. The number of methoxy groups -OCH3 is 1. The minimum atomic E-state index is -0.341. The van der Waals surface area contributed by atoms with E-state index in [0.29, 0.717) is 12.6 Å². The van der Waals surface area contributed by atoms with Crippen LogP contribution < -0.4 is 15.4 Å². The highest BCUT2D eigenvalue weighted by Crippen LogP contribution is 2.18. The minimum Gasteiger partial charge on any atom is -0.494 e. The van der Waals surface area contributed by atoms with Gasteiger partial charge in [0.05, 0.1) is 7.11 Å². The Kier molecular flexibility index (Phi) is 5.84. The molecule has 1 aliphatic rings. The third-order valence-electron chi connectivity index (χ3n) is 3.85. The minimum absolute atomic E-state index is 0.267. The van der Waals surface area contributed by atoms with Crippen molar-refractivity contribution in [3.05, 3.63) is 29.6 Å². The summed E-state index contributed by atoms with van der Waals surface area (Å²) >= 11 is 0. The summed E-state index contributed by atoms with van der Waals surface area (Å²) in [5.41, 5.74) is 0.861. The van der Waals surface area contributed by atoms with Crippen molar-refractivity contribution in [3.63, 3.8) is 0 Å². The Morgan fingerprint density at radius 2 is 2.10 bits per heavy atom. The lowest BCUT2D eigenvalue weighted by atomic mass is 9.96. The van der Waals surface area contributed by atoms with Gasteiger partial charge in [-0.3, -0.25) is 4.99 Å². The van der Waals surface area contributed by atoms with Crippen LogP contribution in [-0.4, -0.2) is 26.2 Å². The fourth-order valence-corrected chi connectivity index (χ4v) is 2.64. The Bertz CT molecular complexity index is 484. The number of rotatable bonds is 4. The molecule has 1 saturated carbocycles. The van der Waals surface area contributed by atoms with Gasteiger partial charge < -0.3 is 15.4 Å². The highest BCUT2D eigenvalue weighted by molar-refractivity contribution is 5.79. The molecule has 0 aromatic heterocycles. The first kappa shape index (κ1) is 15.6. The van der Waals surface area contributed by atoms with Gasteiger partial charge in [0.2, 0.25) is 0 Å². The molecule has 0 atom stereocenters. The second kappa shape index (κ2) is 7.86. The van der Waals surface area contributed by atoms with Crippen molar-refractivity contribution < 1.29 is 9.13 Å². The van der Waals surface area contributed by atoms with Gasteiger partial charge in [0, 0.05) is 19.6 Å². The summed E-state index contributed by atoms with van der Waals surface area (Å²) in [6, 6.07) is 5.48. The maximum Gasteiger partial charge on any atom is 0.191 e. The summed E-state index contributed by atoms with van der Waals surface area (Å²) in [6.07, 6.45) is 6.27. The molecule has 1 fully saturated rings. The largest absolute Gasteiger partial charge is 0.494 e. The molecule has 0 heterocycles. The van der Waals surface area contributed by atoms with E-state index >= 15 is 0 Å². The molecule has 0 unspecified atom stereocenters. The average molecular weight is 293 g/mol. The van der Waals surface area contributed by atoms with Crippen molar-refractivity contribution >= 4 is 5.96 Å². The van der Waals surface area contributed by atoms with Gasteiger partial charge in [-0.1, -0.05) is 25.3 Å². The van der Waals surface area contributed by atoms with Gasteiger partial charge in [0.15, 0.2) is 17.5 Å². The summed E-state index contributed by atoms with van der Waals surface area (Å²) in [6.45, 7) is 0.535. The normalized spacial score (nSPS) is 16.6. The monoisotopic (exact) mass is 293 g/mol. The molecule has 0 aliphatic heterocycles. The molecule has 21 heavy (non-hydrogen) atoms. The molecule has 0 amide bonds. The summed E-state index contributed by atoms with van der Waals surface area (Å²) in [5, 5.41) is 6.66. The van der Waals surface area contributed by atoms with Crippen molar-refractivity contribution in [2.75, 3.05) is 14.2 Å². The zero-order valence-corrected chi connectivity index (χ0v) is 12.8. The van der Waals surface area contributed by atoms with Crippen LogP contribution in [0.4, 0.5) is 4.39 Å². The number of halogens is 1. The summed E-state index contributed by atoms with van der Waals surface area (Å²) in [7, 11) is 3.22. The van der Waals surface area contributed by atoms with Gasteiger partial charge in [-0.15, -0.1) is 0 Å². The van der Waals surface area contributed by atoms with Crippen LogP contribution in [0.15, 0.2) is 23.2 Å². The first-order valence-electron chi connectivity index (χ1n) is 7.52. The average Bonchev–Trinajstić information content (AvgIpc) is 2.52. The predicted molar refractivity (Wildman–Crippen MR) is 83.2 cm³/mol. The number of nitrogens with zero attached hydrogens (tertiary/aromatic N) is 1. The quantitative estimate of drug-likeness (QED) is 0.663. The van der Waals surface area contributed by atoms with E-state index in [2.05, 4.69) is 15.6 Å². The zero-order valence-electron chi connectivity index (χ0n) is 12.8. The van der Waals surface area contributed by atoms with Gasteiger partial charge >= 0.3 is 0 Å². The maximum absolute atomic E-state index is 13.6. The van der Waals surface area contributed by atoms with Crippen LogP contribution >= 0.6 is 0 Å². The van der Waals surface area contributed by atoms with Crippen LogP contribution in [0.3, 0.4) is 0 Å². The van der Waals surface area contributed by atoms with E-state index in [-0.39, 0.29) is 11.6 Å². The standard InChI is InChI=1S/C16H24FN3O/c1-18-16(20-13-6-4-3-5-7-13)19-11-12-8-9-15(21-2)14(17)10-12/h8-10,13H,3-7,11H2,1-2H3,(H2,18,19,20). The number of ether oxygens (including phenoxy) is 1. The molecule has 2 N–H and O–H groups in total. The third kappa shape index (κ3) is 4.62. The van der Waals surface area contributed by atoms with E-state index in [1.54, 1.807) is 13.1 Å². The summed E-state index contributed by atoms with van der Waals surface area (Å²) in [4.78, 5) is 4.23. The zero-order chi connectivity index (χ0) is 15.1. The van der Waals surface area contributed by atoms with E-state index in [1.165, 1.54) is 45.3 Å². The molecule has 4 nitrogen and oxygen atoms in total. The number of hydrogen-bond acceptors (Lipinski definition) is 2. The smallest absolute Gasteiger partial charge is 0.191 e. The van der Waals surface area contributed by atoms with Crippen molar-refractivity contribution in [3.8, 4) is 5.75 Å². The lowest BCUT2D eigenvalue weighted by molar-refractivity contribution is 0.386. The molecule has 0 radical (unpaired) electrons. The summed E-state index contributed by atoms with van der Waals surface area (Å²) in [5.74, 6) is 0.702. The fourth-order valence-electron chi connectivity index (χ4n) is 2.64. The lowest BCUT2D eigenvalue weighted by Gasteiger charge is -2.24. The van der Waals surface area contributed by atoms with Crippen LogP contribution in [0.2, 0.25) is 0 Å². The first-order valence-corrected chi connectivity index (χ1v) is 7.52. The first-order chi connectivity index (χ1) is 10.2. The molecule has 1 aromatic rings. The Morgan fingerprint density at radius 3 is 2.71 bits per heavy atom. The predicted octanol–water partition coefficient (Wildman–Crippen LogP) is 2.83. The molecule has 2 rings (SSSR count). The van der Waals surface area contributed by atoms with Crippen LogP contribution in [-0.2, 0) is 6.54 Å². The molecule has 0 saturated heterocycles. The van der Waals surface area contributed by atoms with Crippen molar-refractivity contribution in [2.45, 2.75) is 44.7 Å². The van der Waals surface area contributed by atoms with Crippen molar-refractivity contribution in [2.24, 2.45) is 4.99 Å². The number of benzene rings is 1. The van der Waals surface area contributed by atoms with E-state index in [1.807, 2.05) is 6.07 Å². The molecule has 1 aliphatic carbocycles. The highest BCUT2D eigenvalue weighted by atomic mass is 19.1. The van der Waals surface area contributed by atoms with E-state index in [9.17, 15) is 4.39 Å².